The van der Waals surface area contributed by atoms with Gasteiger partial charge in [-0.1, -0.05) is 6.92 Å². The summed E-state index contributed by atoms with van der Waals surface area (Å²) in [4.78, 5) is 36.6. The van der Waals surface area contributed by atoms with Gasteiger partial charge in [-0.05, 0) is 43.0 Å². The molecule has 0 bridgehead atoms. The molecule has 0 aromatic heterocycles. The molecule has 0 saturated carbocycles. The first kappa shape index (κ1) is 22.8. The number of amides is 2. The molecule has 29 heavy (non-hydrogen) atoms. The van der Waals surface area contributed by atoms with E-state index in [0.29, 0.717) is 24.7 Å². The van der Waals surface area contributed by atoms with Gasteiger partial charge in [0.1, 0.15) is 0 Å². The largest absolute Gasteiger partial charge is 0.456 e. The lowest BCUT2D eigenvalue weighted by Crippen LogP contribution is -2.41. The maximum atomic E-state index is 12.2. The summed E-state index contributed by atoms with van der Waals surface area (Å²) >= 11 is 0. The Balaban J connectivity index is 1.74. The number of hydrogen-bond donors (Lipinski definition) is 2. The summed E-state index contributed by atoms with van der Waals surface area (Å²) in [7, 11) is -3.80. The maximum Gasteiger partial charge on any atom is 0.307 e. The predicted octanol–water partition coefficient (Wildman–Crippen LogP) is 1.12. The summed E-state index contributed by atoms with van der Waals surface area (Å²) < 4.78 is 31.8. The number of rotatable bonds is 8. The van der Waals surface area contributed by atoms with Gasteiger partial charge in [0.05, 0.1) is 11.3 Å². The number of anilines is 1. The molecule has 1 aliphatic rings. The minimum atomic E-state index is -3.80. The van der Waals surface area contributed by atoms with Crippen molar-refractivity contribution in [3.63, 3.8) is 0 Å². The van der Waals surface area contributed by atoms with Crippen LogP contribution in [0.5, 0.6) is 0 Å². The third-order valence-electron chi connectivity index (χ3n) is 4.47. The summed E-state index contributed by atoms with van der Waals surface area (Å²) in [6.45, 7) is 4.28. The molecular formula is C19H27N3O6S. The molecule has 160 valence electrons. The molecule has 10 heteroatoms. The fourth-order valence-electron chi connectivity index (χ4n) is 3.01. The van der Waals surface area contributed by atoms with E-state index < -0.39 is 16.0 Å². The van der Waals surface area contributed by atoms with Gasteiger partial charge in [0.2, 0.25) is 15.9 Å². The van der Waals surface area contributed by atoms with Crippen LogP contribution in [0.15, 0.2) is 29.2 Å². The first-order chi connectivity index (χ1) is 13.7. The highest BCUT2D eigenvalue weighted by Crippen LogP contribution is 2.16. The number of nitrogens with zero attached hydrogens (tertiary/aromatic N) is 1. The molecule has 2 N–H and O–H groups in total. The molecule has 1 aromatic carbocycles. The van der Waals surface area contributed by atoms with Crippen molar-refractivity contribution < 1.29 is 27.5 Å². The van der Waals surface area contributed by atoms with Crippen molar-refractivity contribution in [2.75, 3.05) is 31.6 Å². The quantitative estimate of drug-likeness (QED) is 0.602. The van der Waals surface area contributed by atoms with Crippen LogP contribution in [0, 0.1) is 5.92 Å². The normalized spacial score (nSPS) is 16.9. The van der Waals surface area contributed by atoms with Crippen LogP contribution in [0.3, 0.4) is 0 Å². The van der Waals surface area contributed by atoms with Crippen molar-refractivity contribution in [1.82, 2.24) is 9.62 Å². The van der Waals surface area contributed by atoms with E-state index in [1.807, 2.05) is 0 Å². The second-order valence-electron chi connectivity index (χ2n) is 7.10. The van der Waals surface area contributed by atoms with Crippen LogP contribution in [0.2, 0.25) is 0 Å². The number of hydrogen-bond acceptors (Lipinski definition) is 6. The third kappa shape index (κ3) is 7.47. The number of sulfonamides is 1. The smallest absolute Gasteiger partial charge is 0.307 e. The Morgan fingerprint density at radius 3 is 2.52 bits per heavy atom. The van der Waals surface area contributed by atoms with E-state index in [0.717, 1.165) is 12.8 Å². The SMILES string of the molecule is CC(=O)Nc1ccc(S(=O)(=O)NCCC(=O)OCC(=O)N2CCC[C@@H](C)C2)cc1. The molecule has 0 radical (unpaired) electrons. The highest BCUT2D eigenvalue weighted by molar-refractivity contribution is 7.89. The van der Waals surface area contributed by atoms with Gasteiger partial charge in [0, 0.05) is 32.2 Å². The highest BCUT2D eigenvalue weighted by atomic mass is 32.2. The molecule has 1 heterocycles. The molecule has 1 aliphatic heterocycles. The van der Waals surface area contributed by atoms with Gasteiger partial charge in [0.15, 0.2) is 6.61 Å². The lowest BCUT2D eigenvalue weighted by Gasteiger charge is -2.30. The number of carbonyl (C=O) groups excluding carboxylic acids is 3. The zero-order valence-corrected chi connectivity index (χ0v) is 17.5. The summed E-state index contributed by atoms with van der Waals surface area (Å²) in [5, 5.41) is 2.54. The third-order valence-corrected chi connectivity index (χ3v) is 5.95. The highest BCUT2D eigenvalue weighted by Gasteiger charge is 2.22. The minimum Gasteiger partial charge on any atom is -0.456 e. The van der Waals surface area contributed by atoms with Gasteiger partial charge in [-0.25, -0.2) is 13.1 Å². The van der Waals surface area contributed by atoms with Crippen LogP contribution in [0.25, 0.3) is 0 Å². The van der Waals surface area contributed by atoms with Gasteiger partial charge >= 0.3 is 5.97 Å². The van der Waals surface area contributed by atoms with Crippen LogP contribution >= 0.6 is 0 Å². The predicted molar refractivity (Wildman–Crippen MR) is 106 cm³/mol. The number of likely N-dealkylation sites (tertiary alicyclic amines) is 1. The number of benzene rings is 1. The van der Waals surface area contributed by atoms with Gasteiger partial charge in [-0.2, -0.15) is 0 Å². The van der Waals surface area contributed by atoms with E-state index >= 15 is 0 Å². The molecule has 0 unspecified atom stereocenters. The molecule has 0 aliphatic carbocycles. The number of nitrogens with one attached hydrogen (secondary N) is 2. The Morgan fingerprint density at radius 1 is 1.21 bits per heavy atom. The van der Waals surface area contributed by atoms with Crippen LogP contribution in [0.1, 0.15) is 33.1 Å². The molecule has 1 atom stereocenters. The fraction of sp³-hybridized carbons (Fsp3) is 0.526. The number of piperidine rings is 1. The van der Waals surface area contributed by atoms with Crippen molar-refractivity contribution >= 4 is 33.5 Å². The average Bonchev–Trinajstić information content (AvgIpc) is 2.66. The van der Waals surface area contributed by atoms with E-state index in [9.17, 15) is 22.8 Å². The van der Waals surface area contributed by atoms with Crippen molar-refractivity contribution in [3.05, 3.63) is 24.3 Å². The Kier molecular flexibility index (Phi) is 8.15. The molecule has 9 nitrogen and oxygen atoms in total. The van der Waals surface area contributed by atoms with Crippen molar-refractivity contribution in [2.24, 2.45) is 5.92 Å². The first-order valence-electron chi connectivity index (χ1n) is 9.48. The Morgan fingerprint density at radius 2 is 1.90 bits per heavy atom. The van der Waals surface area contributed by atoms with Gasteiger partial charge in [0.25, 0.3) is 5.91 Å². The van der Waals surface area contributed by atoms with E-state index in [2.05, 4.69) is 17.0 Å². The summed E-state index contributed by atoms with van der Waals surface area (Å²) in [5.74, 6) is -0.701. The van der Waals surface area contributed by atoms with Gasteiger partial charge in [-0.3, -0.25) is 14.4 Å². The summed E-state index contributed by atoms with van der Waals surface area (Å²) in [5.41, 5.74) is 0.479. The molecule has 1 aromatic rings. The molecule has 2 rings (SSSR count). The van der Waals surface area contributed by atoms with Crippen LogP contribution in [-0.4, -0.2) is 57.3 Å². The maximum absolute atomic E-state index is 12.2. The van der Waals surface area contributed by atoms with Crippen molar-refractivity contribution in [2.45, 2.75) is 38.0 Å². The zero-order chi connectivity index (χ0) is 21.4. The summed E-state index contributed by atoms with van der Waals surface area (Å²) in [6.07, 6.45) is 1.83. The van der Waals surface area contributed by atoms with Gasteiger partial charge in [-0.15, -0.1) is 0 Å². The van der Waals surface area contributed by atoms with Crippen molar-refractivity contribution in [3.8, 4) is 0 Å². The molecular weight excluding hydrogens is 398 g/mol. The molecule has 0 spiro atoms. The average molecular weight is 426 g/mol. The van der Waals surface area contributed by atoms with E-state index in [1.165, 1.54) is 31.2 Å². The Hall–Kier alpha value is -2.46. The molecule has 1 saturated heterocycles. The molecule has 2 amide bonds. The summed E-state index contributed by atoms with van der Waals surface area (Å²) in [6, 6.07) is 5.64. The molecule has 1 fully saturated rings. The first-order valence-corrected chi connectivity index (χ1v) is 11.0. The van der Waals surface area contributed by atoms with Crippen LogP contribution < -0.4 is 10.0 Å². The van der Waals surface area contributed by atoms with Crippen LogP contribution in [-0.2, 0) is 29.1 Å². The standard InChI is InChI=1S/C19H27N3O6S/c1-14-4-3-11-22(12-14)18(24)13-28-19(25)9-10-20-29(26,27)17-7-5-16(6-8-17)21-15(2)23/h5-8,14,20H,3-4,9-13H2,1-2H3,(H,21,23)/t14-/m1/s1. The lowest BCUT2D eigenvalue weighted by molar-refractivity contribution is -0.152. The zero-order valence-electron chi connectivity index (χ0n) is 16.6. The second-order valence-corrected chi connectivity index (χ2v) is 8.87. The number of ether oxygens (including phenoxy) is 1. The lowest BCUT2D eigenvalue weighted by atomic mass is 10.0. The van der Waals surface area contributed by atoms with Crippen LogP contribution in [0.4, 0.5) is 5.69 Å². The van der Waals surface area contributed by atoms with E-state index in [-0.39, 0.29) is 36.3 Å². The van der Waals surface area contributed by atoms with E-state index in [1.54, 1.807) is 4.90 Å². The Labute approximate surface area is 170 Å². The number of esters is 1. The van der Waals surface area contributed by atoms with Gasteiger partial charge < -0.3 is 15.0 Å². The van der Waals surface area contributed by atoms with E-state index in [4.69, 9.17) is 4.74 Å². The minimum absolute atomic E-state index is 0.00867. The van der Waals surface area contributed by atoms with Crippen molar-refractivity contribution in [1.29, 1.82) is 0 Å². The topological polar surface area (TPSA) is 122 Å². The monoisotopic (exact) mass is 425 g/mol. The Bertz CT molecular complexity index is 838. The fourth-order valence-corrected chi connectivity index (χ4v) is 4.04. The second kappa shape index (κ2) is 10.4. The number of carbonyl (C=O) groups is 3.